The summed E-state index contributed by atoms with van der Waals surface area (Å²) in [6.45, 7) is -0.104. The molecule has 0 saturated heterocycles. The van der Waals surface area contributed by atoms with Crippen molar-refractivity contribution in [3.8, 4) is 22.3 Å². The first-order valence-electron chi connectivity index (χ1n) is 22.1. The largest absolute Gasteiger partial charge is 0.421 e. The third-order valence-electron chi connectivity index (χ3n) is 16.4. The van der Waals surface area contributed by atoms with Crippen molar-refractivity contribution in [2.24, 2.45) is 0 Å². The Hall–Kier alpha value is -7.83. The van der Waals surface area contributed by atoms with Gasteiger partial charge in [0.15, 0.2) is 0 Å². The molecule has 0 radical (unpaired) electrons. The summed E-state index contributed by atoms with van der Waals surface area (Å²) in [5, 5.41) is 10.7. The second-order valence-corrected chi connectivity index (χ2v) is 18.6. The predicted octanol–water partition coefficient (Wildman–Crippen LogP) is 8.90. The van der Waals surface area contributed by atoms with Crippen LogP contribution < -0.4 is 32.2 Å². The van der Waals surface area contributed by atoms with Crippen LogP contribution in [0.15, 0.2) is 158 Å². The van der Waals surface area contributed by atoms with Gasteiger partial charge >= 0.3 is 20.7 Å². The van der Waals surface area contributed by atoms with E-state index in [0.29, 0.717) is 0 Å². The highest BCUT2D eigenvalue weighted by Crippen LogP contribution is 2.56. The highest BCUT2D eigenvalue weighted by Gasteiger charge is 2.57. The van der Waals surface area contributed by atoms with Crippen LogP contribution in [0.4, 0.5) is 17.1 Å². The molecule has 0 fully saturated rings. The minimum absolute atomic E-state index is 0.00902. The molecule has 5 nitrogen and oxygen atoms in total. The smallest absolute Gasteiger partial charge is 0.375 e. The zero-order chi connectivity index (χ0) is 39.2. The molecule has 0 spiro atoms. The number of nitrogens with zero attached hydrogens (tertiary/aromatic N) is 5. The Balaban J connectivity index is 1.19. The maximum atomic E-state index is 2.78. The van der Waals surface area contributed by atoms with Crippen molar-refractivity contribution in [2.45, 2.75) is 0 Å². The molecule has 0 unspecified atom stereocenters. The summed E-state index contributed by atoms with van der Waals surface area (Å²) in [4.78, 5) is 2.70. The van der Waals surface area contributed by atoms with Crippen molar-refractivity contribution >= 4 is 152 Å². The zero-order valence-electron chi connectivity index (χ0n) is 33.0. The third kappa shape index (κ3) is 2.67. The van der Waals surface area contributed by atoms with Crippen LogP contribution >= 0.6 is 0 Å². The van der Waals surface area contributed by atoms with E-state index in [9.17, 15) is 0 Å². The summed E-state index contributed by atoms with van der Waals surface area (Å²) < 4.78 is 11.1. The SMILES string of the molecule is c1ccc2c(c1)B1c3c4c5c6c7c3N2c2ccccc2B7n2c3ccccc3c3cc7c8ccccc8n(c7c-6c32)B5n2c3ccccc3c3cc5c6ccccc6n1c5c-4c32. The molecule has 6 aliphatic heterocycles. The third-order valence-corrected chi connectivity index (χ3v) is 16.4. The number of fused-ring (bicyclic) bond motifs is 22. The highest BCUT2D eigenvalue weighted by molar-refractivity contribution is 6.98. The number of hydrogen-bond donors (Lipinski definition) is 0. The Morgan fingerprint density at radius 2 is 0.661 bits per heavy atom. The molecule has 10 heterocycles. The van der Waals surface area contributed by atoms with E-state index in [1.54, 1.807) is 0 Å². The van der Waals surface area contributed by atoms with E-state index in [-0.39, 0.29) is 20.7 Å². The minimum Gasteiger partial charge on any atom is -0.375 e. The maximum absolute atomic E-state index is 2.78. The maximum Gasteiger partial charge on any atom is 0.421 e. The fourth-order valence-corrected chi connectivity index (χ4v) is 14.6. The number of rotatable bonds is 0. The molecule has 0 aliphatic carbocycles. The van der Waals surface area contributed by atoms with Gasteiger partial charge in [0.1, 0.15) is 0 Å². The van der Waals surface area contributed by atoms with Crippen LogP contribution in [0.3, 0.4) is 0 Å². The molecule has 4 aromatic heterocycles. The van der Waals surface area contributed by atoms with Gasteiger partial charge in [0, 0.05) is 115 Å². The lowest BCUT2D eigenvalue weighted by Gasteiger charge is -2.50. The summed E-state index contributed by atoms with van der Waals surface area (Å²) in [5.41, 5.74) is 27.5. The molecule has 19 rings (SSSR count). The van der Waals surface area contributed by atoms with E-state index in [1.165, 1.54) is 154 Å². The van der Waals surface area contributed by atoms with Crippen molar-refractivity contribution in [3.05, 3.63) is 158 Å². The normalized spacial score (nSPS) is 15.0. The standard InChI is InChI=1S/C54H26B3N5/c1-7-19-37-27(13-1)31-25-33-29-15-3-9-21-39(29)61-52(33)45-43-47-44-46-51-32(26-34-30-16-4-10-22-40(30)62(53(34)46)57(47)61)28-14-2-8-20-38(28)60(51)56-36-18-6-12-24-42(36)58-41-23-11-5-17-35(41)55(59(37)50(31)45)48(43)54(58)49(44)56/h1-26H. The van der Waals surface area contributed by atoms with E-state index >= 15 is 0 Å². The van der Waals surface area contributed by atoms with Gasteiger partial charge in [-0.05, 0) is 87.0 Å². The fraction of sp³-hybridized carbons (Fsp3) is 0. The second kappa shape index (κ2) is 9.09. The van der Waals surface area contributed by atoms with Crippen LogP contribution in [0.1, 0.15) is 0 Å². The summed E-state index contributed by atoms with van der Waals surface area (Å²) in [6, 6.07) is 60.8. The van der Waals surface area contributed by atoms with Gasteiger partial charge in [-0.1, -0.05) is 109 Å². The molecular weight excluding hydrogens is 751 g/mol. The summed E-state index contributed by atoms with van der Waals surface area (Å²) in [6.07, 6.45) is 0. The molecule has 0 bridgehead atoms. The van der Waals surface area contributed by atoms with Crippen molar-refractivity contribution in [1.29, 1.82) is 0 Å². The Kier molecular flexibility index (Phi) is 4.31. The molecule has 276 valence electrons. The lowest BCUT2D eigenvalue weighted by atomic mass is 9.36. The molecule has 0 saturated carbocycles. The Bertz CT molecular complexity index is 4220. The van der Waals surface area contributed by atoms with E-state index in [1.807, 2.05) is 0 Å². The van der Waals surface area contributed by atoms with Crippen LogP contribution in [-0.2, 0) is 0 Å². The van der Waals surface area contributed by atoms with Crippen molar-refractivity contribution < 1.29 is 0 Å². The number of anilines is 3. The van der Waals surface area contributed by atoms with Gasteiger partial charge in [-0.25, -0.2) is 0 Å². The first-order chi connectivity index (χ1) is 30.9. The molecule has 62 heavy (non-hydrogen) atoms. The van der Waals surface area contributed by atoms with Crippen LogP contribution in [0.25, 0.3) is 109 Å². The summed E-state index contributed by atoms with van der Waals surface area (Å²) in [7, 11) is 0. The average molecular weight is 777 g/mol. The molecule has 0 amide bonds. The average Bonchev–Trinajstić information content (AvgIpc) is 4.06. The lowest BCUT2D eigenvalue weighted by Crippen LogP contribution is -2.69. The monoisotopic (exact) mass is 777 g/mol. The van der Waals surface area contributed by atoms with Gasteiger partial charge in [-0.15, -0.1) is 0 Å². The predicted molar refractivity (Wildman–Crippen MR) is 261 cm³/mol. The quantitative estimate of drug-likeness (QED) is 0.141. The summed E-state index contributed by atoms with van der Waals surface area (Å²) in [5.74, 6) is 0. The number of para-hydroxylation sites is 6. The van der Waals surface area contributed by atoms with Gasteiger partial charge in [0.25, 0.3) is 0 Å². The van der Waals surface area contributed by atoms with Crippen molar-refractivity contribution in [1.82, 2.24) is 17.9 Å². The number of hydrogen-bond acceptors (Lipinski definition) is 1. The topological polar surface area (TPSA) is 23.0 Å². The molecule has 8 heteroatoms. The van der Waals surface area contributed by atoms with E-state index in [0.717, 1.165) is 0 Å². The number of benzene rings is 9. The summed E-state index contributed by atoms with van der Waals surface area (Å²) >= 11 is 0. The minimum atomic E-state index is -0.0859. The van der Waals surface area contributed by atoms with Crippen molar-refractivity contribution in [3.63, 3.8) is 0 Å². The van der Waals surface area contributed by atoms with Gasteiger partial charge < -0.3 is 22.8 Å². The van der Waals surface area contributed by atoms with Crippen LogP contribution in [0.5, 0.6) is 0 Å². The van der Waals surface area contributed by atoms with Gasteiger partial charge in [0.05, 0.1) is 0 Å². The molecule has 6 aliphatic rings. The Morgan fingerprint density at radius 3 is 1.10 bits per heavy atom. The highest BCUT2D eigenvalue weighted by atomic mass is 15.2. The first-order valence-corrected chi connectivity index (χ1v) is 22.1. The second-order valence-electron chi connectivity index (χ2n) is 18.6. The molecule has 13 aromatic rings. The Labute approximate surface area is 353 Å². The fourth-order valence-electron chi connectivity index (χ4n) is 14.6. The van der Waals surface area contributed by atoms with E-state index < -0.39 is 0 Å². The molecule has 0 atom stereocenters. The van der Waals surface area contributed by atoms with Gasteiger partial charge in [-0.2, -0.15) is 0 Å². The van der Waals surface area contributed by atoms with Gasteiger partial charge in [-0.3, -0.25) is 0 Å². The zero-order valence-corrected chi connectivity index (χ0v) is 33.0. The van der Waals surface area contributed by atoms with Gasteiger partial charge in [0.2, 0.25) is 0 Å². The van der Waals surface area contributed by atoms with E-state index in [4.69, 9.17) is 0 Å². The van der Waals surface area contributed by atoms with E-state index in [2.05, 4.69) is 181 Å². The molecular formula is C54H26B3N5. The molecule has 9 aromatic carbocycles. The van der Waals surface area contributed by atoms with Crippen LogP contribution in [0, 0.1) is 0 Å². The Morgan fingerprint density at radius 1 is 0.306 bits per heavy atom. The van der Waals surface area contributed by atoms with Crippen LogP contribution in [-0.4, -0.2) is 38.6 Å². The van der Waals surface area contributed by atoms with Crippen LogP contribution in [0.2, 0.25) is 0 Å². The lowest BCUT2D eigenvalue weighted by molar-refractivity contribution is 1.17. The first kappa shape index (κ1) is 29.4. The van der Waals surface area contributed by atoms with Crippen molar-refractivity contribution in [2.75, 3.05) is 4.90 Å². The number of aromatic nitrogens is 4. The molecule has 0 N–H and O–H groups in total.